The minimum atomic E-state index is -4.23. The van der Waals surface area contributed by atoms with E-state index in [2.05, 4.69) is 0 Å². The first-order valence-corrected chi connectivity index (χ1v) is 7.69. The van der Waals surface area contributed by atoms with Gasteiger partial charge in [0.15, 0.2) is 4.90 Å². The van der Waals surface area contributed by atoms with E-state index in [1.54, 1.807) is 0 Å². The Hall–Kier alpha value is -2.00. The molecule has 1 aliphatic rings. The standard InChI is InChI=1S/C12H14N2O6S/c1-8-4-2-5-9(14(17)18)11(8)21(19,20)13-7-3-6-10(13)12(15)16/h2,4-5,10H,3,6-7H2,1H3,(H,15,16). The Morgan fingerprint density at radius 3 is 2.71 bits per heavy atom. The predicted octanol–water partition coefficient (Wildman–Crippen LogP) is 1.14. The van der Waals surface area contributed by atoms with Crippen LogP contribution in [0.25, 0.3) is 0 Å². The minimum Gasteiger partial charge on any atom is -0.480 e. The van der Waals surface area contributed by atoms with Crippen molar-refractivity contribution < 1.29 is 23.2 Å². The number of benzene rings is 1. The van der Waals surface area contributed by atoms with E-state index >= 15 is 0 Å². The van der Waals surface area contributed by atoms with Crippen LogP contribution in [0.4, 0.5) is 5.69 Å². The van der Waals surface area contributed by atoms with Crippen LogP contribution >= 0.6 is 0 Å². The summed E-state index contributed by atoms with van der Waals surface area (Å²) < 4.78 is 26.1. The molecule has 0 amide bonds. The Morgan fingerprint density at radius 2 is 2.14 bits per heavy atom. The molecule has 114 valence electrons. The van der Waals surface area contributed by atoms with Crippen LogP contribution in [0.2, 0.25) is 0 Å². The number of nitro benzene ring substituents is 1. The maximum Gasteiger partial charge on any atom is 0.322 e. The number of hydrogen-bond acceptors (Lipinski definition) is 5. The van der Waals surface area contributed by atoms with Gasteiger partial charge in [-0.05, 0) is 25.3 Å². The van der Waals surface area contributed by atoms with E-state index in [1.807, 2.05) is 0 Å². The smallest absolute Gasteiger partial charge is 0.322 e. The average Bonchev–Trinajstić information content (AvgIpc) is 2.88. The number of rotatable bonds is 4. The summed E-state index contributed by atoms with van der Waals surface area (Å²) in [5.74, 6) is -1.24. The Bertz CT molecular complexity index is 700. The van der Waals surface area contributed by atoms with Crippen molar-refractivity contribution >= 4 is 21.7 Å². The van der Waals surface area contributed by atoms with E-state index < -0.39 is 37.5 Å². The Balaban J connectivity index is 2.60. The molecule has 1 aromatic carbocycles. The molecule has 21 heavy (non-hydrogen) atoms. The van der Waals surface area contributed by atoms with Crippen molar-refractivity contribution in [2.75, 3.05) is 6.54 Å². The zero-order valence-electron chi connectivity index (χ0n) is 11.2. The maximum atomic E-state index is 12.7. The molecule has 8 nitrogen and oxygen atoms in total. The van der Waals surface area contributed by atoms with Gasteiger partial charge in [0.05, 0.1) is 4.92 Å². The van der Waals surface area contributed by atoms with E-state index in [4.69, 9.17) is 5.11 Å². The van der Waals surface area contributed by atoms with Gasteiger partial charge in [-0.15, -0.1) is 0 Å². The summed E-state index contributed by atoms with van der Waals surface area (Å²) in [6.07, 6.45) is 0.615. The normalized spacial score (nSPS) is 19.6. The van der Waals surface area contributed by atoms with Crippen molar-refractivity contribution in [3.8, 4) is 0 Å². The lowest BCUT2D eigenvalue weighted by atomic mass is 10.2. The van der Waals surface area contributed by atoms with Crippen LogP contribution in [0, 0.1) is 17.0 Å². The number of carboxylic acids is 1. The molecule has 1 N–H and O–H groups in total. The minimum absolute atomic E-state index is 0.0464. The van der Waals surface area contributed by atoms with Crippen LogP contribution in [0.3, 0.4) is 0 Å². The zero-order chi connectivity index (χ0) is 15.8. The van der Waals surface area contributed by atoms with Gasteiger partial charge in [0.25, 0.3) is 15.7 Å². The SMILES string of the molecule is Cc1cccc([N+](=O)[O-])c1S(=O)(=O)N1CCCC1C(=O)O. The lowest BCUT2D eigenvalue weighted by molar-refractivity contribution is -0.387. The molecule has 1 aromatic rings. The molecular weight excluding hydrogens is 300 g/mol. The topological polar surface area (TPSA) is 118 Å². The van der Waals surface area contributed by atoms with Gasteiger partial charge in [0.2, 0.25) is 0 Å². The summed E-state index contributed by atoms with van der Waals surface area (Å²) in [6.45, 7) is 1.50. The molecule has 1 saturated heterocycles. The molecule has 9 heteroatoms. The van der Waals surface area contributed by atoms with Crippen LogP contribution in [-0.2, 0) is 14.8 Å². The van der Waals surface area contributed by atoms with E-state index in [0.717, 1.165) is 10.4 Å². The summed E-state index contributed by atoms with van der Waals surface area (Å²) in [5.41, 5.74) is -0.314. The fourth-order valence-corrected chi connectivity index (χ4v) is 4.52. The maximum absolute atomic E-state index is 12.7. The van der Waals surface area contributed by atoms with Crippen LogP contribution in [0.5, 0.6) is 0 Å². The number of aliphatic carboxylic acids is 1. The molecule has 0 aromatic heterocycles. The van der Waals surface area contributed by atoms with Crippen molar-refractivity contribution in [1.82, 2.24) is 4.31 Å². The molecule has 0 spiro atoms. The number of sulfonamides is 1. The first-order chi connectivity index (χ1) is 9.76. The zero-order valence-corrected chi connectivity index (χ0v) is 12.0. The Kier molecular flexibility index (Phi) is 3.97. The summed E-state index contributed by atoms with van der Waals surface area (Å²) in [6, 6.07) is 2.77. The lowest BCUT2D eigenvalue weighted by Gasteiger charge is -2.21. The highest BCUT2D eigenvalue weighted by molar-refractivity contribution is 7.89. The highest BCUT2D eigenvalue weighted by Gasteiger charge is 2.42. The molecule has 1 fully saturated rings. The van der Waals surface area contributed by atoms with Crippen LogP contribution < -0.4 is 0 Å². The number of nitro groups is 1. The lowest BCUT2D eigenvalue weighted by Crippen LogP contribution is -2.40. The number of hydrogen-bond donors (Lipinski definition) is 1. The van der Waals surface area contributed by atoms with E-state index in [0.29, 0.717) is 6.42 Å². The van der Waals surface area contributed by atoms with Gasteiger partial charge in [0.1, 0.15) is 6.04 Å². The second kappa shape index (κ2) is 5.41. The van der Waals surface area contributed by atoms with Crippen molar-refractivity contribution in [3.63, 3.8) is 0 Å². The molecule has 0 radical (unpaired) electrons. The van der Waals surface area contributed by atoms with Crippen LogP contribution in [-0.4, -0.2) is 41.3 Å². The quantitative estimate of drug-likeness (QED) is 0.657. The summed E-state index contributed by atoms with van der Waals surface area (Å²) >= 11 is 0. The fourth-order valence-electron chi connectivity index (χ4n) is 2.51. The molecule has 1 unspecified atom stereocenters. The number of nitrogens with zero attached hydrogens (tertiary/aromatic N) is 2. The fraction of sp³-hybridized carbons (Fsp3) is 0.417. The third-order valence-corrected chi connectivity index (χ3v) is 5.54. The largest absolute Gasteiger partial charge is 0.480 e. The highest BCUT2D eigenvalue weighted by Crippen LogP contribution is 2.33. The van der Waals surface area contributed by atoms with Gasteiger partial charge >= 0.3 is 5.97 Å². The van der Waals surface area contributed by atoms with Crippen molar-refractivity contribution in [1.29, 1.82) is 0 Å². The molecule has 1 heterocycles. The van der Waals surface area contributed by atoms with Crippen molar-refractivity contribution in [2.45, 2.75) is 30.7 Å². The molecular formula is C12H14N2O6S. The Morgan fingerprint density at radius 1 is 1.48 bits per heavy atom. The summed E-state index contributed by atoms with van der Waals surface area (Å²) in [7, 11) is -4.23. The second-order valence-corrected chi connectivity index (χ2v) is 6.62. The van der Waals surface area contributed by atoms with Crippen LogP contribution in [0.15, 0.2) is 23.1 Å². The first-order valence-electron chi connectivity index (χ1n) is 6.25. The molecule has 1 aliphatic heterocycles. The predicted molar refractivity (Wildman–Crippen MR) is 72.4 cm³/mol. The van der Waals surface area contributed by atoms with E-state index in [-0.39, 0.29) is 18.5 Å². The summed E-state index contributed by atoms with van der Waals surface area (Å²) in [5, 5.41) is 20.2. The molecule has 0 aliphatic carbocycles. The monoisotopic (exact) mass is 314 g/mol. The van der Waals surface area contributed by atoms with E-state index in [1.165, 1.54) is 19.1 Å². The van der Waals surface area contributed by atoms with Gasteiger partial charge in [-0.3, -0.25) is 14.9 Å². The van der Waals surface area contributed by atoms with Crippen molar-refractivity contribution in [3.05, 3.63) is 33.9 Å². The van der Waals surface area contributed by atoms with Gasteiger partial charge in [-0.2, -0.15) is 4.31 Å². The van der Waals surface area contributed by atoms with Gasteiger partial charge in [-0.25, -0.2) is 8.42 Å². The highest BCUT2D eigenvalue weighted by atomic mass is 32.2. The number of aryl methyl sites for hydroxylation is 1. The van der Waals surface area contributed by atoms with Gasteiger partial charge in [0, 0.05) is 12.6 Å². The van der Waals surface area contributed by atoms with Gasteiger partial charge < -0.3 is 5.11 Å². The first kappa shape index (κ1) is 15.4. The molecule has 2 rings (SSSR count). The van der Waals surface area contributed by atoms with E-state index in [9.17, 15) is 23.3 Å². The molecule has 0 saturated carbocycles. The second-order valence-electron chi connectivity index (χ2n) is 4.79. The number of carboxylic acid groups (broad SMARTS) is 1. The molecule has 0 bridgehead atoms. The third-order valence-electron chi connectivity index (χ3n) is 3.44. The summed E-state index contributed by atoms with van der Waals surface area (Å²) in [4.78, 5) is 21.0. The van der Waals surface area contributed by atoms with Gasteiger partial charge in [-0.1, -0.05) is 12.1 Å². The Labute approximate surface area is 121 Å². The molecule has 1 atom stereocenters. The van der Waals surface area contributed by atoms with Crippen LogP contribution in [0.1, 0.15) is 18.4 Å². The average molecular weight is 314 g/mol. The third kappa shape index (κ3) is 2.61. The van der Waals surface area contributed by atoms with Crippen molar-refractivity contribution in [2.24, 2.45) is 0 Å². The number of carbonyl (C=O) groups is 1.